The van der Waals surface area contributed by atoms with Gasteiger partial charge in [0.2, 0.25) is 0 Å². The highest BCUT2D eigenvalue weighted by molar-refractivity contribution is 5.38. The van der Waals surface area contributed by atoms with Gasteiger partial charge in [-0.05, 0) is 50.1 Å². The normalized spacial score (nSPS) is 17.1. The summed E-state index contributed by atoms with van der Waals surface area (Å²) in [5.41, 5.74) is 0.302. The van der Waals surface area contributed by atoms with Crippen molar-refractivity contribution in [2.24, 2.45) is 0 Å². The Morgan fingerprint density at radius 2 is 0.667 bits per heavy atom. The van der Waals surface area contributed by atoms with Crippen LogP contribution in [0.3, 0.4) is 0 Å². The topological polar surface area (TPSA) is 46.9 Å². The Hall–Kier alpha value is -1.72. The van der Waals surface area contributed by atoms with Gasteiger partial charge in [-0.3, -0.25) is 9.80 Å². The molecule has 0 spiro atoms. The average molecular weight is 413 g/mol. The van der Waals surface area contributed by atoms with Crippen LogP contribution < -0.4 is 0 Å². The number of hydrogen-bond acceptors (Lipinski definition) is 4. The van der Waals surface area contributed by atoms with Crippen LogP contribution in [-0.2, 0) is 22.3 Å². The first-order valence-electron chi connectivity index (χ1n) is 10.6. The first kappa shape index (κ1) is 24.5. The summed E-state index contributed by atoms with van der Waals surface area (Å²) in [5.74, 6) is 0. The van der Waals surface area contributed by atoms with E-state index in [1.807, 2.05) is 48.5 Å². The van der Waals surface area contributed by atoms with Gasteiger partial charge in [0.05, 0.1) is 0 Å². The van der Waals surface area contributed by atoms with Crippen LogP contribution in [-0.4, -0.2) is 48.2 Å². The summed E-state index contributed by atoms with van der Waals surface area (Å²) in [4.78, 5) is 3.35. The summed E-state index contributed by atoms with van der Waals surface area (Å²) in [6, 6.07) is 15.8. The summed E-state index contributed by atoms with van der Waals surface area (Å²) in [6.45, 7) is 13.0. The summed E-state index contributed by atoms with van der Waals surface area (Å²) in [5, 5.41) is 24.1. The third-order valence-corrected chi connectivity index (χ3v) is 6.09. The fourth-order valence-electron chi connectivity index (χ4n) is 3.95. The molecular formula is C26H40N2O2. The molecule has 30 heavy (non-hydrogen) atoms. The summed E-state index contributed by atoms with van der Waals surface area (Å²) in [7, 11) is 7.15. The minimum atomic E-state index is -1.67. The van der Waals surface area contributed by atoms with Gasteiger partial charge in [0.1, 0.15) is 0 Å². The van der Waals surface area contributed by atoms with Crippen molar-refractivity contribution >= 4 is 0 Å². The van der Waals surface area contributed by atoms with Gasteiger partial charge in [-0.1, -0.05) is 90.1 Å². The molecule has 2 rings (SSSR count). The first-order chi connectivity index (χ1) is 13.6. The van der Waals surface area contributed by atoms with Gasteiger partial charge in [-0.2, -0.15) is 0 Å². The zero-order chi connectivity index (χ0) is 23.1. The van der Waals surface area contributed by atoms with Crippen LogP contribution in [0.15, 0.2) is 48.5 Å². The molecule has 2 aromatic rings. The van der Waals surface area contributed by atoms with E-state index >= 15 is 0 Å². The van der Waals surface area contributed by atoms with Gasteiger partial charge in [0, 0.05) is 11.1 Å². The lowest BCUT2D eigenvalue weighted by atomic mass is 9.80. The molecule has 0 aliphatic rings. The molecule has 2 N–H and O–H groups in total. The molecule has 0 aliphatic carbocycles. The molecule has 0 heterocycles. The van der Waals surface area contributed by atoms with Crippen molar-refractivity contribution in [2.75, 3.05) is 28.2 Å². The highest BCUT2D eigenvalue weighted by Gasteiger charge is 2.55. The van der Waals surface area contributed by atoms with Gasteiger partial charge in [-0.15, -0.1) is 0 Å². The zero-order valence-electron chi connectivity index (χ0n) is 20.4. The second-order valence-electron chi connectivity index (χ2n) is 10.8. The van der Waals surface area contributed by atoms with Crippen LogP contribution in [0.2, 0.25) is 0 Å². The Labute approximate surface area is 183 Å². The quantitative estimate of drug-likeness (QED) is 0.715. The SMILES string of the molecule is CN(C)C(O)(c1ccc(C(C)(C)C)cc1)C(O)(c1ccc(C(C)(C)C)cc1)N(C)C. The van der Waals surface area contributed by atoms with Crippen molar-refractivity contribution in [1.29, 1.82) is 0 Å². The molecule has 4 nitrogen and oxygen atoms in total. The van der Waals surface area contributed by atoms with E-state index < -0.39 is 11.4 Å². The maximum atomic E-state index is 12.1. The maximum absolute atomic E-state index is 12.1. The van der Waals surface area contributed by atoms with E-state index in [9.17, 15) is 10.2 Å². The highest BCUT2D eigenvalue weighted by Crippen LogP contribution is 2.44. The lowest BCUT2D eigenvalue weighted by molar-refractivity contribution is -0.291. The standard InChI is InChI=1S/C26H40N2O2/c1-23(2,3)19-11-15-21(16-12-19)25(29,27(7)8)26(30,28(9)10)22-17-13-20(14-18-22)24(4,5)6/h11-18,29-30H,1-10H3. The van der Waals surface area contributed by atoms with Gasteiger partial charge < -0.3 is 10.2 Å². The van der Waals surface area contributed by atoms with Crippen LogP contribution >= 0.6 is 0 Å². The number of benzene rings is 2. The van der Waals surface area contributed by atoms with E-state index in [0.29, 0.717) is 11.1 Å². The van der Waals surface area contributed by atoms with E-state index in [4.69, 9.17) is 0 Å². The van der Waals surface area contributed by atoms with Crippen molar-refractivity contribution in [3.8, 4) is 0 Å². The average Bonchev–Trinajstić information content (AvgIpc) is 2.65. The van der Waals surface area contributed by atoms with Crippen molar-refractivity contribution < 1.29 is 10.2 Å². The minimum Gasteiger partial charge on any atom is -0.367 e. The van der Waals surface area contributed by atoms with Crippen LogP contribution in [0.4, 0.5) is 0 Å². The second kappa shape index (κ2) is 8.08. The van der Waals surface area contributed by atoms with E-state index in [0.717, 1.165) is 0 Å². The first-order valence-corrected chi connectivity index (χ1v) is 10.6. The van der Waals surface area contributed by atoms with Crippen LogP contribution in [0.1, 0.15) is 63.8 Å². The molecule has 0 saturated carbocycles. The van der Waals surface area contributed by atoms with Gasteiger partial charge >= 0.3 is 0 Å². The number of nitrogens with zero attached hydrogens (tertiary/aromatic N) is 2. The highest BCUT2D eigenvalue weighted by atomic mass is 16.4. The molecule has 2 atom stereocenters. The van der Waals surface area contributed by atoms with Crippen molar-refractivity contribution in [3.63, 3.8) is 0 Å². The third-order valence-electron chi connectivity index (χ3n) is 6.09. The number of likely N-dealkylation sites (N-methyl/N-ethyl adjacent to an activating group) is 2. The summed E-state index contributed by atoms with van der Waals surface area (Å²) >= 11 is 0. The molecular weight excluding hydrogens is 372 g/mol. The van der Waals surface area contributed by atoms with Gasteiger partial charge in [0.15, 0.2) is 11.4 Å². The fourth-order valence-corrected chi connectivity index (χ4v) is 3.95. The Morgan fingerprint density at radius 1 is 0.467 bits per heavy atom. The molecule has 4 heteroatoms. The Kier molecular flexibility index (Phi) is 6.61. The molecule has 0 fully saturated rings. The largest absolute Gasteiger partial charge is 0.367 e. The number of hydrogen-bond donors (Lipinski definition) is 2. The Balaban J connectivity index is 2.68. The number of aliphatic hydroxyl groups is 2. The van der Waals surface area contributed by atoms with Crippen molar-refractivity contribution in [2.45, 2.75) is 63.8 Å². The smallest absolute Gasteiger partial charge is 0.192 e. The predicted molar refractivity (Wildman–Crippen MR) is 125 cm³/mol. The molecule has 2 aromatic carbocycles. The van der Waals surface area contributed by atoms with Crippen LogP contribution in [0.25, 0.3) is 0 Å². The van der Waals surface area contributed by atoms with Gasteiger partial charge in [0.25, 0.3) is 0 Å². The predicted octanol–water partition coefficient (Wildman–Crippen LogP) is 4.40. The van der Waals surface area contributed by atoms with Gasteiger partial charge in [-0.25, -0.2) is 0 Å². The molecule has 0 aromatic heterocycles. The molecule has 2 unspecified atom stereocenters. The van der Waals surface area contributed by atoms with Crippen LogP contribution in [0.5, 0.6) is 0 Å². The van der Waals surface area contributed by atoms with E-state index in [1.54, 1.807) is 38.0 Å². The fraction of sp³-hybridized carbons (Fsp3) is 0.538. The third kappa shape index (κ3) is 4.19. The molecule has 0 bridgehead atoms. The zero-order valence-corrected chi connectivity index (χ0v) is 20.4. The Morgan fingerprint density at radius 3 is 0.833 bits per heavy atom. The summed E-state index contributed by atoms with van der Waals surface area (Å²) in [6.07, 6.45) is 0. The van der Waals surface area contributed by atoms with E-state index in [-0.39, 0.29) is 10.8 Å². The lowest BCUT2D eigenvalue weighted by Crippen LogP contribution is -2.64. The number of rotatable bonds is 5. The minimum absolute atomic E-state index is 0.00933. The monoisotopic (exact) mass is 412 g/mol. The van der Waals surface area contributed by atoms with E-state index in [1.165, 1.54) is 11.1 Å². The second-order valence-corrected chi connectivity index (χ2v) is 10.8. The molecule has 0 saturated heterocycles. The lowest BCUT2D eigenvalue weighted by Gasteiger charge is -2.51. The van der Waals surface area contributed by atoms with Crippen molar-refractivity contribution in [3.05, 3.63) is 70.8 Å². The molecule has 0 aliphatic heterocycles. The van der Waals surface area contributed by atoms with Crippen molar-refractivity contribution in [1.82, 2.24) is 9.80 Å². The van der Waals surface area contributed by atoms with E-state index in [2.05, 4.69) is 41.5 Å². The van der Waals surface area contributed by atoms with Crippen LogP contribution in [0, 0.1) is 0 Å². The maximum Gasteiger partial charge on any atom is 0.192 e. The Bertz CT molecular complexity index is 769. The molecule has 0 amide bonds. The molecule has 0 radical (unpaired) electrons. The summed E-state index contributed by atoms with van der Waals surface area (Å²) < 4.78 is 0. The molecule has 166 valence electrons.